The fourth-order valence-electron chi connectivity index (χ4n) is 2.36. The SMILES string of the molecule is CCCc1cc(NS(=O)(=O)Cc2ccc(C)cc2)ccc1C#N. The van der Waals surface area contributed by atoms with Crippen molar-refractivity contribution >= 4 is 15.7 Å². The van der Waals surface area contributed by atoms with Crippen LogP contribution < -0.4 is 4.72 Å². The Hall–Kier alpha value is -2.32. The van der Waals surface area contributed by atoms with Gasteiger partial charge in [0.15, 0.2) is 0 Å². The third kappa shape index (κ3) is 4.83. The predicted molar refractivity (Wildman–Crippen MR) is 92.6 cm³/mol. The lowest BCUT2D eigenvalue weighted by Gasteiger charge is -2.11. The average molecular weight is 328 g/mol. The van der Waals surface area contributed by atoms with Crippen LogP contribution in [0.1, 0.15) is 35.6 Å². The second-order valence-corrected chi connectivity index (χ2v) is 7.30. The Morgan fingerprint density at radius 2 is 1.83 bits per heavy atom. The molecule has 0 radical (unpaired) electrons. The van der Waals surface area contributed by atoms with Crippen LogP contribution in [0.4, 0.5) is 5.69 Å². The highest BCUT2D eigenvalue weighted by molar-refractivity contribution is 7.91. The molecule has 0 amide bonds. The molecule has 0 saturated carbocycles. The molecule has 1 N–H and O–H groups in total. The normalized spacial score (nSPS) is 11.0. The van der Waals surface area contributed by atoms with Crippen molar-refractivity contribution in [1.82, 2.24) is 0 Å². The Balaban J connectivity index is 2.18. The molecule has 0 aliphatic carbocycles. The van der Waals surface area contributed by atoms with Gasteiger partial charge in [-0.05, 0) is 42.7 Å². The largest absolute Gasteiger partial charge is 0.283 e. The summed E-state index contributed by atoms with van der Waals surface area (Å²) in [4.78, 5) is 0. The van der Waals surface area contributed by atoms with Crippen LogP contribution in [0, 0.1) is 18.3 Å². The third-order valence-electron chi connectivity index (χ3n) is 3.50. The molecule has 4 nitrogen and oxygen atoms in total. The van der Waals surface area contributed by atoms with Gasteiger partial charge in [-0.3, -0.25) is 4.72 Å². The average Bonchev–Trinajstić information content (AvgIpc) is 2.50. The van der Waals surface area contributed by atoms with E-state index in [0.29, 0.717) is 11.3 Å². The van der Waals surface area contributed by atoms with Crippen molar-refractivity contribution < 1.29 is 8.42 Å². The lowest BCUT2D eigenvalue weighted by atomic mass is 10.0. The highest BCUT2D eigenvalue weighted by Gasteiger charge is 2.13. The molecule has 0 unspecified atom stereocenters. The summed E-state index contributed by atoms with van der Waals surface area (Å²) in [5.41, 5.74) is 3.79. The number of aryl methyl sites for hydroxylation is 2. The maximum atomic E-state index is 12.3. The lowest BCUT2D eigenvalue weighted by Crippen LogP contribution is -2.15. The number of sulfonamides is 1. The van der Waals surface area contributed by atoms with Crippen molar-refractivity contribution in [2.24, 2.45) is 0 Å². The van der Waals surface area contributed by atoms with Crippen molar-refractivity contribution in [3.63, 3.8) is 0 Å². The minimum absolute atomic E-state index is 0.0730. The van der Waals surface area contributed by atoms with Gasteiger partial charge >= 0.3 is 0 Å². The number of nitriles is 1. The monoisotopic (exact) mass is 328 g/mol. The van der Waals surface area contributed by atoms with Crippen LogP contribution in [0.25, 0.3) is 0 Å². The van der Waals surface area contributed by atoms with Gasteiger partial charge in [-0.1, -0.05) is 43.2 Å². The number of nitrogens with zero attached hydrogens (tertiary/aromatic N) is 1. The third-order valence-corrected chi connectivity index (χ3v) is 4.76. The van der Waals surface area contributed by atoms with Gasteiger partial charge in [-0.15, -0.1) is 0 Å². The van der Waals surface area contributed by atoms with E-state index in [1.54, 1.807) is 18.2 Å². The number of hydrogen-bond acceptors (Lipinski definition) is 3. The van der Waals surface area contributed by atoms with Crippen LogP contribution >= 0.6 is 0 Å². The van der Waals surface area contributed by atoms with Gasteiger partial charge in [-0.2, -0.15) is 5.26 Å². The molecular weight excluding hydrogens is 308 g/mol. The zero-order valence-electron chi connectivity index (χ0n) is 13.3. The van der Waals surface area contributed by atoms with E-state index in [2.05, 4.69) is 10.8 Å². The maximum Gasteiger partial charge on any atom is 0.236 e. The first-order valence-corrected chi connectivity index (χ1v) is 9.18. The van der Waals surface area contributed by atoms with E-state index in [1.807, 2.05) is 38.1 Å². The minimum atomic E-state index is -3.48. The second kappa shape index (κ2) is 7.30. The van der Waals surface area contributed by atoms with E-state index >= 15 is 0 Å². The maximum absolute atomic E-state index is 12.3. The fourth-order valence-corrected chi connectivity index (χ4v) is 3.55. The first-order chi connectivity index (χ1) is 10.9. The van der Waals surface area contributed by atoms with Gasteiger partial charge in [-0.25, -0.2) is 8.42 Å². The summed E-state index contributed by atoms with van der Waals surface area (Å²) in [5, 5.41) is 9.10. The molecule has 120 valence electrons. The highest BCUT2D eigenvalue weighted by atomic mass is 32.2. The molecule has 0 saturated heterocycles. The van der Waals surface area contributed by atoms with Gasteiger partial charge in [0.1, 0.15) is 0 Å². The molecule has 0 aliphatic heterocycles. The van der Waals surface area contributed by atoms with E-state index < -0.39 is 10.0 Å². The molecule has 0 aliphatic rings. The van der Waals surface area contributed by atoms with Crippen molar-refractivity contribution in [3.05, 3.63) is 64.7 Å². The van der Waals surface area contributed by atoms with Gasteiger partial charge < -0.3 is 0 Å². The van der Waals surface area contributed by atoms with Gasteiger partial charge in [0.2, 0.25) is 10.0 Å². The number of anilines is 1. The predicted octanol–water partition coefficient (Wildman–Crippen LogP) is 3.76. The number of nitrogens with one attached hydrogen (secondary N) is 1. The molecule has 2 rings (SSSR count). The lowest BCUT2D eigenvalue weighted by molar-refractivity contribution is 0.600. The Kier molecular flexibility index (Phi) is 5.41. The number of rotatable bonds is 6. The topological polar surface area (TPSA) is 70.0 Å². The van der Waals surface area contributed by atoms with Crippen LogP contribution in [0.5, 0.6) is 0 Å². The number of benzene rings is 2. The van der Waals surface area contributed by atoms with Crippen molar-refractivity contribution in [1.29, 1.82) is 5.26 Å². The summed E-state index contributed by atoms with van der Waals surface area (Å²) in [5.74, 6) is -0.0730. The standard InChI is InChI=1S/C18H20N2O2S/c1-3-4-16-11-18(10-9-17(16)12-19)20-23(21,22)13-15-7-5-14(2)6-8-15/h5-11,20H,3-4,13H2,1-2H3. The van der Waals surface area contributed by atoms with Crippen LogP contribution in [0.15, 0.2) is 42.5 Å². The molecule has 23 heavy (non-hydrogen) atoms. The summed E-state index contributed by atoms with van der Waals surface area (Å²) in [6.07, 6.45) is 1.64. The minimum Gasteiger partial charge on any atom is -0.283 e. The fraction of sp³-hybridized carbons (Fsp3) is 0.278. The molecule has 0 fully saturated rings. The molecule has 0 aromatic heterocycles. The summed E-state index contributed by atoms with van der Waals surface area (Å²) in [6, 6.07) is 14.6. The van der Waals surface area contributed by atoms with Gasteiger partial charge in [0.05, 0.1) is 17.4 Å². The first kappa shape index (κ1) is 17.0. The van der Waals surface area contributed by atoms with E-state index in [1.165, 1.54) is 0 Å². The Bertz CT molecular complexity index is 819. The van der Waals surface area contributed by atoms with E-state index in [0.717, 1.165) is 29.5 Å². The second-order valence-electron chi connectivity index (χ2n) is 5.58. The van der Waals surface area contributed by atoms with E-state index in [-0.39, 0.29) is 5.75 Å². The number of hydrogen-bond donors (Lipinski definition) is 1. The molecule has 0 spiro atoms. The van der Waals surface area contributed by atoms with Crippen molar-refractivity contribution in [2.75, 3.05) is 4.72 Å². The Morgan fingerprint density at radius 1 is 1.13 bits per heavy atom. The summed E-state index contributed by atoms with van der Waals surface area (Å²) >= 11 is 0. The summed E-state index contributed by atoms with van der Waals surface area (Å²) < 4.78 is 27.2. The molecule has 2 aromatic carbocycles. The van der Waals surface area contributed by atoms with Gasteiger partial charge in [0.25, 0.3) is 0 Å². The Labute approximate surface area is 137 Å². The van der Waals surface area contributed by atoms with Crippen LogP contribution in [-0.4, -0.2) is 8.42 Å². The molecule has 0 atom stereocenters. The van der Waals surface area contributed by atoms with Gasteiger partial charge in [0, 0.05) is 5.69 Å². The highest BCUT2D eigenvalue weighted by Crippen LogP contribution is 2.19. The van der Waals surface area contributed by atoms with E-state index in [9.17, 15) is 8.42 Å². The quantitative estimate of drug-likeness (QED) is 0.877. The van der Waals surface area contributed by atoms with E-state index in [4.69, 9.17) is 5.26 Å². The summed E-state index contributed by atoms with van der Waals surface area (Å²) in [7, 11) is -3.48. The zero-order chi connectivity index (χ0) is 16.9. The molecular formula is C18H20N2O2S. The smallest absolute Gasteiger partial charge is 0.236 e. The molecule has 5 heteroatoms. The van der Waals surface area contributed by atoms with Crippen LogP contribution in [-0.2, 0) is 22.2 Å². The van der Waals surface area contributed by atoms with Crippen LogP contribution in [0.2, 0.25) is 0 Å². The Morgan fingerprint density at radius 3 is 2.43 bits per heavy atom. The van der Waals surface area contributed by atoms with Crippen molar-refractivity contribution in [3.8, 4) is 6.07 Å². The van der Waals surface area contributed by atoms with Crippen molar-refractivity contribution in [2.45, 2.75) is 32.4 Å². The summed E-state index contributed by atoms with van der Waals surface area (Å²) in [6.45, 7) is 3.98. The first-order valence-electron chi connectivity index (χ1n) is 7.52. The molecule has 2 aromatic rings. The molecule has 0 bridgehead atoms. The molecule has 0 heterocycles. The zero-order valence-corrected chi connectivity index (χ0v) is 14.2. The van der Waals surface area contributed by atoms with Crippen LogP contribution in [0.3, 0.4) is 0 Å².